The first-order chi connectivity index (χ1) is 9.76. The summed E-state index contributed by atoms with van der Waals surface area (Å²) < 4.78 is 13.5. The van der Waals surface area contributed by atoms with E-state index in [1.54, 1.807) is 23.6 Å². The number of carbonyl (C=O) groups is 1. The van der Waals surface area contributed by atoms with Crippen LogP contribution in [0.3, 0.4) is 0 Å². The molecule has 6 heteroatoms. The second kappa shape index (κ2) is 5.58. The molecule has 104 valence electrons. The van der Waals surface area contributed by atoms with Crippen LogP contribution in [-0.2, 0) is 0 Å². The molecule has 0 bridgehead atoms. The van der Waals surface area contributed by atoms with Crippen LogP contribution in [0, 0.1) is 5.82 Å². The van der Waals surface area contributed by atoms with E-state index in [4.69, 9.17) is 0 Å². The predicted octanol–water partition coefficient (Wildman–Crippen LogP) is 2.42. The van der Waals surface area contributed by atoms with Gasteiger partial charge in [0, 0.05) is 49.0 Å². The molecule has 0 unspecified atom stereocenters. The monoisotopic (exact) mass is 291 g/mol. The highest BCUT2D eigenvalue weighted by Gasteiger charge is 2.19. The Morgan fingerprint density at radius 3 is 2.55 bits per heavy atom. The fraction of sp³-hybridized carbons (Fsp3) is 0.286. The number of aldehydes is 1. The van der Waals surface area contributed by atoms with Crippen molar-refractivity contribution in [3.8, 4) is 0 Å². The number of piperazine rings is 1. The molecule has 1 aromatic heterocycles. The van der Waals surface area contributed by atoms with Gasteiger partial charge in [0.15, 0.2) is 5.13 Å². The zero-order valence-corrected chi connectivity index (χ0v) is 11.6. The van der Waals surface area contributed by atoms with Crippen molar-refractivity contribution in [1.29, 1.82) is 0 Å². The number of anilines is 2. The van der Waals surface area contributed by atoms with E-state index in [0.717, 1.165) is 37.0 Å². The van der Waals surface area contributed by atoms with E-state index in [0.29, 0.717) is 11.8 Å². The zero-order valence-electron chi connectivity index (χ0n) is 10.8. The normalized spacial score (nSPS) is 15.4. The lowest BCUT2D eigenvalue weighted by Crippen LogP contribution is -2.46. The fourth-order valence-electron chi connectivity index (χ4n) is 2.37. The van der Waals surface area contributed by atoms with Crippen LogP contribution < -0.4 is 9.80 Å². The van der Waals surface area contributed by atoms with Crippen molar-refractivity contribution in [2.24, 2.45) is 0 Å². The highest BCUT2D eigenvalue weighted by Crippen LogP contribution is 2.23. The lowest BCUT2D eigenvalue weighted by atomic mass is 10.2. The number of carbonyl (C=O) groups excluding carboxylic acids is 1. The summed E-state index contributed by atoms with van der Waals surface area (Å²) in [5.74, 6) is -0.369. The van der Waals surface area contributed by atoms with Gasteiger partial charge < -0.3 is 9.80 Å². The van der Waals surface area contributed by atoms with Gasteiger partial charge in [-0.05, 0) is 18.2 Å². The molecule has 20 heavy (non-hydrogen) atoms. The molecule has 0 atom stereocenters. The third-order valence-corrected chi connectivity index (χ3v) is 4.21. The lowest BCUT2D eigenvalue weighted by molar-refractivity contribution is 0.112. The Kier molecular flexibility index (Phi) is 3.64. The van der Waals surface area contributed by atoms with Gasteiger partial charge in [-0.25, -0.2) is 9.37 Å². The van der Waals surface area contributed by atoms with Crippen LogP contribution in [-0.4, -0.2) is 37.4 Å². The summed E-state index contributed by atoms with van der Waals surface area (Å²) in [5, 5.41) is 2.99. The van der Waals surface area contributed by atoms with Crippen LogP contribution in [0.5, 0.6) is 0 Å². The Balaban J connectivity index is 1.72. The van der Waals surface area contributed by atoms with Gasteiger partial charge in [-0.3, -0.25) is 4.79 Å². The summed E-state index contributed by atoms with van der Waals surface area (Å²) in [7, 11) is 0. The third kappa shape index (κ3) is 2.65. The molecular weight excluding hydrogens is 277 g/mol. The summed E-state index contributed by atoms with van der Waals surface area (Å²) in [6.45, 7) is 3.28. The van der Waals surface area contributed by atoms with E-state index in [2.05, 4.69) is 14.8 Å². The second-order valence-electron chi connectivity index (χ2n) is 4.65. The molecule has 1 fully saturated rings. The number of hydrogen-bond donors (Lipinski definition) is 0. The number of nitrogens with zero attached hydrogens (tertiary/aromatic N) is 3. The van der Waals surface area contributed by atoms with Crippen LogP contribution in [0.1, 0.15) is 10.4 Å². The number of halogens is 1. The van der Waals surface area contributed by atoms with Crippen molar-refractivity contribution in [3.63, 3.8) is 0 Å². The molecule has 2 aromatic rings. The molecular formula is C14H14FN3OS. The summed E-state index contributed by atoms with van der Waals surface area (Å²) in [5.41, 5.74) is 1.15. The van der Waals surface area contributed by atoms with Crippen molar-refractivity contribution in [1.82, 2.24) is 4.98 Å². The maximum Gasteiger partial charge on any atom is 0.185 e. The number of rotatable bonds is 3. The fourth-order valence-corrected chi connectivity index (χ4v) is 3.07. The summed E-state index contributed by atoms with van der Waals surface area (Å²) >= 11 is 1.62. The molecule has 1 aromatic carbocycles. The summed E-state index contributed by atoms with van der Waals surface area (Å²) in [6, 6.07) is 4.46. The first kappa shape index (κ1) is 13.1. The van der Waals surface area contributed by atoms with E-state index in [1.165, 1.54) is 12.1 Å². The van der Waals surface area contributed by atoms with Gasteiger partial charge in [0.05, 0.1) is 0 Å². The third-order valence-electron chi connectivity index (χ3n) is 3.38. The van der Waals surface area contributed by atoms with Crippen molar-refractivity contribution >= 4 is 28.4 Å². The first-order valence-corrected chi connectivity index (χ1v) is 7.29. The average molecular weight is 291 g/mol. The Morgan fingerprint density at radius 1 is 1.15 bits per heavy atom. The van der Waals surface area contributed by atoms with E-state index >= 15 is 0 Å². The van der Waals surface area contributed by atoms with Gasteiger partial charge >= 0.3 is 0 Å². The smallest absolute Gasteiger partial charge is 0.185 e. The Bertz CT molecular complexity index is 594. The second-order valence-corrected chi connectivity index (χ2v) is 5.52. The van der Waals surface area contributed by atoms with E-state index in [-0.39, 0.29) is 5.82 Å². The van der Waals surface area contributed by atoms with Gasteiger partial charge in [-0.15, -0.1) is 11.3 Å². The molecule has 0 spiro atoms. The zero-order chi connectivity index (χ0) is 13.9. The largest absolute Gasteiger partial charge is 0.368 e. The van der Waals surface area contributed by atoms with Gasteiger partial charge in [-0.2, -0.15) is 0 Å². The first-order valence-electron chi connectivity index (χ1n) is 6.41. The minimum Gasteiger partial charge on any atom is -0.368 e. The van der Waals surface area contributed by atoms with Crippen molar-refractivity contribution in [2.75, 3.05) is 36.0 Å². The molecule has 0 radical (unpaired) electrons. The Morgan fingerprint density at radius 2 is 1.90 bits per heavy atom. The van der Waals surface area contributed by atoms with Crippen LogP contribution >= 0.6 is 11.3 Å². The Hall–Kier alpha value is -1.95. The lowest BCUT2D eigenvalue weighted by Gasteiger charge is -2.36. The van der Waals surface area contributed by atoms with Gasteiger partial charge in [0.25, 0.3) is 0 Å². The molecule has 0 aliphatic carbocycles. The van der Waals surface area contributed by atoms with E-state index in [1.807, 2.05) is 5.38 Å². The molecule has 2 heterocycles. The van der Waals surface area contributed by atoms with Crippen molar-refractivity contribution in [2.45, 2.75) is 0 Å². The maximum absolute atomic E-state index is 13.5. The van der Waals surface area contributed by atoms with E-state index in [9.17, 15) is 9.18 Å². The maximum atomic E-state index is 13.5. The molecule has 0 saturated carbocycles. The summed E-state index contributed by atoms with van der Waals surface area (Å²) in [6.07, 6.45) is 2.48. The minimum absolute atomic E-state index is 0.369. The average Bonchev–Trinajstić information content (AvgIpc) is 3.01. The van der Waals surface area contributed by atoms with Crippen LogP contribution in [0.25, 0.3) is 0 Å². The highest BCUT2D eigenvalue weighted by atomic mass is 32.1. The Labute approximate surface area is 120 Å². The minimum atomic E-state index is -0.369. The molecule has 1 aliphatic rings. The SMILES string of the molecule is O=Cc1cc(F)cc(N2CCN(c3nccs3)CC2)c1. The molecule has 1 saturated heterocycles. The summed E-state index contributed by atoms with van der Waals surface area (Å²) in [4.78, 5) is 19.4. The van der Waals surface area contributed by atoms with E-state index < -0.39 is 0 Å². The van der Waals surface area contributed by atoms with Crippen molar-refractivity contribution in [3.05, 3.63) is 41.2 Å². The topological polar surface area (TPSA) is 36.4 Å². The quantitative estimate of drug-likeness (QED) is 0.814. The number of benzene rings is 1. The van der Waals surface area contributed by atoms with Gasteiger partial charge in [0.2, 0.25) is 0 Å². The number of aromatic nitrogens is 1. The van der Waals surface area contributed by atoms with Gasteiger partial charge in [0.1, 0.15) is 12.1 Å². The standard InChI is InChI=1S/C14H14FN3OS/c15-12-7-11(10-19)8-13(9-12)17-2-4-18(5-3-17)14-16-1-6-20-14/h1,6-10H,2-5H2. The van der Waals surface area contributed by atoms with Crippen LogP contribution in [0.4, 0.5) is 15.2 Å². The van der Waals surface area contributed by atoms with Gasteiger partial charge in [-0.1, -0.05) is 0 Å². The number of hydrogen-bond acceptors (Lipinski definition) is 5. The van der Waals surface area contributed by atoms with Crippen LogP contribution in [0.2, 0.25) is 0 Å². The molecule has 3 rings (SSSR count). The molecule has 0 amide bonds. The predicted molar refractivity (Wildman–Crippen MR) is 78.3 cm³/mol. The molecule has 1 aliphatic heterocycles. The molecule has 4 nitrogen and oxygen atoms in total. The van der Waals surface area contributed by atoms with Crippen LogP contribution in [0.15, 0.2) is 29.8 Å². The number of thiazole rings is 1. The highest BCUT2D eigenvalue weighted by molar-refractivity contribution is 7.13. The molecule has 0 N–H and O–H groups in total. The van der Waals surface area contributed by atoms with Crippen molar-refractivity contribution < 1.29 is 9.18 Å².